The maximum absolute atomic E-state index is 10.7. The molecular weight excluding hydrogens is 218 g/mol. The Labute approximate surface area is 89.5 Å². The van der Waals surface area contributed by atoms with E-state index < -0.39 is 5.97 Å². The van der Waals surface area contributed by atoms with Gasteiger partial charge in [0.2, 0.25) is 0 Å². The van der Waals surface area contributed by atoms with E-state index in [0.29, 0.717) is 15.9 Å². The van der Waals surface area contributed by atoms with E-state index in [1.807, 2.05) is 0 Å². The molecule has 0 aliphatic carbocycles. The van der Waals surface area contributed by atoms with Crippen LogP contribution < -0.4 is 5.73 Å². The van der Waals surface area contributed by atoms with Gasteiger partial charge < -0.3 is 10.8 Å². The Kier molecular flexibility index (Phi) is 2.17. The number of carboxylic acids is 1. The molecule has 0 atom stereocenters. The second-order valence-electron chi connectivity index (χ2n) is 2.92. The fraction of sp³-hybridized carbons (Fsp3) is 0. The van der Waals surface area contributed by atoms with Crippen LogP contribution >= 0.6 is 11.6 Å². The summed E-state index contributed by atoms with van der Waals surface area (Å²) in [6.45, 7) is 0. The number of hydrogen-bond acceptors (Lipinski definition) is 4. The molecular formula is C9H6ClN3O2. The number of anilines is 1. The van der Waals surface area contributed by atoms with Crippen molar-refractivity contribution in [1.29, 1.82) is 0 Å². The molecule has 0 unspecified atom stereocenters. The lowest BCUT2D eigenvalue weighted by Gasteiger charge is -2.01. The average molecular weight is 224 g/mol. The first-order valence-electron chi connectivity index (χ1n) is 4.03. The molecule has 0 saturated carbocycles. The van der Waals surface area contributed by atoms with Crippen molar-refractivity contribution in [3.63, 3.8) is 0 Å². The van der Waals surface area contributed by atoms with Crippen LogP contribution in [0.25, 0.3) is 10.9 Å². The Morgan fingerprint density at radius 3 is 2.87 bits per heavy atom. The number of aromatic nitrogens is 2. The van der Waals surface area contributed by atoms with E-state index in [0.717, 1.165) is 0 Å². The fourth-order valence-electron chi connectivity index (χ4n) is 1.18. The molecule has 6 heteroatoms. The van der Waals surface area contributed by atoms with Crippen LogP contribution in [0.3, 0.4) is 0 Å². The number of nitrogens with zero attached hydrogens (tertiary/aromatic N) is 2. The zero-order valence-corrected chi connectivity index (χ0v) is 8.19. The maximum atomic E-state index is 10.7. The summed E-state index contributed by atoms with van der Waals surface area (Å²) in [6.07, 6.45) is 1.35. The molecule has 3 N–H and O–H groups in total. The standard InChI is InChI=1S/C9H6ClN3O2/c10-5-1-4-2-6(9(14)15)12-3-7(4)13-8(5)11/h1-3H,(H2,11,13)(H,14,15). The van der Waals surface area contributed by atoms with Gasteiger partial charge in [-0.2, -0.15) is 0 Å². The van der Waals surface area contributed by atoms with Gasteiger partial charge in [0.25, 0.3) is 0 Å². The fourth-order valence-corrected chi connectivity index (χ4v) is 1.34. The molecule has 0 aromatic carbocycles. The minimum absolute atomic E-state index is 0.0508. The first-order chi connectivity index (χ1) is 7.08. The van der Waals surface area contributed by atoms with Crippen molar-refractivity contribution in [2.24, 2.45) is 0 Å². The van der Waals surface area contributed by atoms with E-state index in [2.05, 4.69) is 9.97 Å². The Bertz CT molecular complexity index is 556. The van der Waals surface area contributed by atoms with Crippen LogP contribution in [0.5, 0.6) is 0 Å². The normalized spacial score (nSPS) is 10.5. The highest BCUT2D eigenvalue weighted by Gasteiger charge is 2.07. The number of nitrogen functional groups attached to an aromatic ring is 1. The summed E-state index contributed by atoms with van der Waals surface area (Å²) < 4.78 is 0. The highest BCUT2D eigenvalue weighted by molar-refractivity contribution is 6.33. The number of carbonyl (C=O) groups is 1. The quantitative estimate of drug-likeness (QED) is 0.766. The smallest absolute Gasteiger partial charge is 0.354 e. The third-order valence-corrected chi connectivity index (χ3v) is 2.20. The van der Waals surface area contributed by atoms with Crippen molar-refractivity contribution in [3.05, 3.63) is 29.0 Å². The summed E-state index contributed by atoms with van der Waals surface area (Å²) in [5.41, 5.74) is 5.96. The van der Waals surface area contributed by atoms with Gasteiger partial charge in [-0.1, -0.05) is 11.6 Å². The zero-order chi connectivity index (χ0) is 11.0. The van der Waals surface area contributed by atoms with Crippen molar-refractivity contribution in [2.45, 2.75) is 0 Å². The highest BCUT2D eigenvalue weighted by Crippen LogP contribution is 2.22. The van der Waals surface area contributed by atoms with Crippen molar-refractivity contribution in [1.82, 2.24) is 9.97 Å². The number of hydrogen-bond donors (Lipinski definition) is 2. The Balaban J connectivity index is 2.72. The molecule has 2 heterocycles. The molecule has 5 nitrogen and oxygen atoms in total. The molecule has 0 amide bonds. The van der Waals surface area contributed by atoms with E-state index in [-0.39, 0.29) is 11.5 Å². The van der Waals surface area contributed by atoms with Crippen LogP contribution in [-0.4, -0.2) is 21.0 Å². The zero-order valence-electron chi connectivity index (χ0n) is 7.44. The number of rotatable bonds is 1. The predicted octanol–water partition coefficient (Wildman–Crippen LogP) is 1.56. The molecule has 0 bridgehead atoms. The van der Waals surface area contributed by atoms with Crippen LogP contribution in [0.2, 0.25) is 5.02 Å². The maximum Gasteiger partial charge on any atom is 0.354 e. The molecule has 0 saturated heterocycles. The summed E-state index contributed by atoms with van der Waals surface area (Å²) in [5.74, 6) is -0.890. The summed E-state index contributed by atoms with van der Waals surface area (Å²) in [4.78, 5) is 18.3. The number of carboxylic acid groups (broad SMARTS) is 1. The van der Waals surface area contributed by atoms with E-state index in [4.69, 9.17) is 22.4 Å². The van der Waals surface area contributed by atoms with Crippen molar-refractivity contribution in [2.75, 3.05) is 5.73 Å². The lowest BCUT2D eigenvalue weighted by molar-refractivity contribution is 0.0691. The Hall–Kier alpha value is -1.88. The van der Waals surface area contributed by atoms with Gasteiger partial charge in [-0.15, -0.1) is 0 Å². The third kappa shape index (κ3) is 1.69. The molecule has 0 aliphatic rings. The van der Waals surface area contributed by atoms with Crippen molar-refractivity contribution >= 4 is 34.3 Å². The van der Waals surface area contributed by atoms with Gasteiger partial charge in [-0.3, -0.25) is 0 Å². The topological polar surface area (TPSA) is 89.1 Å². The number of fused-ring (bicyclic) bond motifs is 1. The van der Waals surface area contributed by atoms with Crippen molar-refractivity contribution < 1.29 is 9.90 Å². The van der Waals surface area contributed by atoms with Gasteiger partial charge in [-0.05, 0) is 12.1 Å². The molecule has 2 aromatic rings. The molecule has 0 spiro atoms. The Morgan fingerprint density at radius 2 is 2.20 bits per heavy atom. The molecule has 0 aliphatic heterocycles. The largest absolute Gasteiger partial charge is 0.477 e. The first kappa shape index (κ1) is 9.67. The summed E-state index contributed by atoms with van der Waals surface area (Å²) in [7, 11) is 0. The number of nitrogens with two attached hydrogens (primary N) is 1. The lowest BCUT2D eigenvalue weighted by Crippen LogP contribution is -2.00. The number of halogens is 1. The second kappa shape index (κ2) is 3.36. The van der Waals surface area contributed by atoms with Gasteiger partial charge in [0.15, 0.2) is 0 Å². The first-order valence-corrected chi connectivity index (χ1v) is 4.41. The van der Waals surface area contributed by atoms with Gasteiger partial charge >= 0.3 is 5.97 Å². The van der Waals surface area contributed by atoms with Crippen LogP contribution in [0.1, 0.15) is 10.5 Å². The monoisotopic (exact) mass is 223 g/mol. The molecule has 0 radical (unpaired) electrons. The van der Waals surface area contributed by atoms with E-state index in [1.54, 1.807) is 6.07 Å². The van der Waals surface area contributed by atoms with Crippen LogP contribution in [-0.2, 0) is 0 Å². The van der Waals surface area contributed by atoms with Crippen LogP contribution in [0.4, 0.5) is 5.82 Å². The van der Waals surface area contributed by atoms with Crippen molar-refractivity contribution in [3.8, 4) is 0 Å². The lowest BCUT2D eigenvalue weighted by atomic mass is 10.2. The van der Waals surface area contributed by atoms with E-state index in [9.17, 15) is 4.79 Å². The number of pyridine rings is 2. The molecule has 2 aromatic heterocycles. The minimum Gasteiger partial charge on any atom is -0.477 e. The van der Waals surface area contributed by atoms with Crippen LogP contribution in [0, 0.1) is 0 Å². The number of aromatic carboxylic acids is 1. The van der Waals surface area contributed by atoms with Crippen LogP contribution in [0.15, 0.2) is 18.3 Å². The minimum atomic E-state index is -1.09. The molecule has 0 fully saturated rings. The van der Waals surface area contributed by atoms with E-state index >= 15 is 0 Å². The Morgan fingerprint density at radius 1 is 1.47 bits per heavy atom. The van der Waals surface area contributed by atoms with Gasteiger partial charge in [0.05, 0.1) is 16.7 Å². The summed E-state index contributed by atoms with van der Waals surface area (Å²) in [5, 5.41) is 9.62. The summed E-state index contributed by atoms with van der Waals surface area (Å²) in [6, 6.07) is 2.96. The van der Waals surface area contributed by atoms with Gasteiger partial charge in [-0.25, -0.2) is 14.8 Å². The predicted molar refractivity (Wildman–Crippen MR) is 55.9 cm³/mol. The SMILES string of the molecule is Nc1nc2cnc(C(=O)O)cc2cc1Cl. The van der Waals surface area contributed by atoms with Gasteiger partial charge in [0.1, 0.15) is 11.5 Å². The molecule has 2 rings (SSSR count). The van der Waals surface area contributed by atoms with E-state index in [1.165, 1.54) is 12.3 Å². The highest BCUT2D eigenvalue weighted by atomic mass is 35.5. The van der Waals surface area contributed by atoms with Gasteiger partial charge in [0, 0.05) is 5.39 Å². The third-order valence-electron chi connectivity index (χ3n) is 1.90. The second-order valence-corrected chi connectivity index (χ2v) is 3.33. The average Bonchev–Trinajstić information content (AvgIpc) is 2.19. The molecule has 76 valence electrons. The molecule has 15 heavy (non-hydrogen) atoms. The summed E-state index contributed by atoms with van der Waals surface area (Å²) >= 11 is 5.76.